The zero-order valence-electron chi connectivity index (χ0n) is 9.04. The van der Waals surface area contributed by atoms with Gasteiger partial charge in [0.05, 0.1) is 9.47 Å². The van der Waals surface area contributed by atoms with Gasteiger partial charge in [0.25, 0.3) is 0 Å². The van der Waals surface area contributed by atoms with E-state index in [2.05, 4.69) is 27.3 Å². The first-order valence-electron chi connectivity index (χ1n) is 5.14. The van der Waals surface area contributed by atoms with Crippen LogP contribution in [-0.2, 0) is 13.1 Å². The fourth-order valence-electron chi connectivity index (χ4n) is 1.50. The van der Waals surface area contributed by atoms with Gasteiger partial charge in [0.2, 0.25) is 0 Å². The van der Waals surface area contributed by atoms with Crippen molar-refractivity contribution in [1.29, 1.82) is 0 Å². The first kappa shape index (κ1) is 12.5. The minimum Gasteiger partial charge on any atom is -0.396 e. The lowest BCUT2D eigenvalue weighted by atomic mass is 10.1. The Kier molecular flexibility index (Phi) is 4.15. The van der Waals surface area contributed by atoms with Gasteiger partial charge >= 0.3 is 0 Å². The van der Waals surface area contributed by atoms with Gasteiger partial charge in [-0.1, -0.05) is 12.1 Å². The second-order valence-corrected chi connectivity index (χ2v) is 6.17. The third-order valence-electron chi connectivity index (χ3n) is 2.39. The van der Waals surface area contributed by atoms with Gasteiger partial charge in [-0.2, -0.15) is 0 Å². The molecule has 0 bridgehead atoms. The minimum atomic E-state index is -0.358. The van der Waals surface area contributed by atoms with Crippen LogP contribution in [0.3, 0.4) is 0 Å². The number of hydrogen-bond donors (Lipinski definition) is 2. The number of para-hydroxylation sites is 1. The zero-order valence-corrected chi connectivity index (χ0v) is 11.4. The molecule has 2 aromatic rings. The Bertz CT molecular complexity index is 513. The van der Waals surface area contributed by atoms with Crippen molar-refractivity contribution in [3.63, 3.8) is 0 Å². The molecular weight excluding hydrogens is 303 g/mol. The van der Waals surface area contributed by atoms with E-state index < -0.39 is 0 Å². The van der Waals surface area contributed by atoms with Crippen molar-refractivity contribution in [3.8, 4) is 0 Å². The molecule has 0 saturated carbocycles. The van der Waals surface area contributed by atoms with E-state index in [-0.39, 0.29) is 11.5 Å². The van der Waals surface area contributed by atoms with E-state index in [4.69, 9.17) is 5.73 Å². The third kappa shape index (κ3) is 3.28. The van der Waals surface area contributed by atoms with E-state index >= 15 is 0 Å². The molecule has 0 aliphatic rings. The van der Waals surface area contributed by atoms with E-state index in [1.54, 1.807) is 17.4 Å². The highest BCUT2D eigenvalue weighted by Crippen LogP contribution is 2.22. The standard InChI is InChI=1S/C12H12BrFN2S/c13-11-5-4-9(17-11)7-16-6-8-2-1-3-10(14)12(8)15/h1-5,16H,6-7,15H2. The first-order chi connectivity index (χ1) is 8.16. The highest BCUT2D eigenvalue weighted by Gasteiger charge is 2.04. The fourth-order valence-corrected chi connectivity index (χ4v) is 2.96. The molecule has 0 radical (unpaired) electrons. The zero-order chi connectivity index (χ0) is 12.3. The molecule has 0 amide bonds. The molecular formula is C12H12BrFN2S. The highest BCUT2D eigenvalue weighted by molar-refractivity contribution is 9.11. The normalized spacial score (nSPS) is 10.7. The van der Waals surface area contributed by atoms with Crippen molar-refractivity contribution in [2.24, 2.45) is 0 Å². The van der Waals surface area contributed by atoms with Gasteiger partial charge in [-0.3, -0.25) is 0 Å². The summed E-state index contributed by atoms with van der Waals surface area (Å²) in [6.45, 7) is 1.32. The lowest BCUT2D eigenvalue weighted by molar-refractivity contribution is 0.626. The number of benzene rings is 1. The molecule has 0 saturated heterocycles. The molecule has 1 heterocycles. The SMILES string of the molecule is Nc1c(F)cccc1CNCc1ccc(Br)s1. The van der Waals surface area contributed by atoms with Gasteiger partial charge in [0.15, 0.2) is 0 Å². The Hall–Kier alpha value is -0.910. The van der Waals surface area contributed by atoms with Gasteiger partial charge in [-0.15, -0.1) is 11.3 Å². The summed E-state index contributed by atoms with van der Waals surface area (Å²) in [7, 11) is 0. The second-order valence-electron chi connectivity index (χ2n) is 3.62. The molecule has 0 atom stereocenters. The Labute approximate surface area is 112 Å². The third-order valence-corrected chi connectivity index (χ3v) is 4.01. The Morgan fingerprint density at radius 1 is 1.24 bits per heavy atom. The summed E-state index contributed by atoms with van der Waals surface area (Å²) < 4.78 is 14.3. The average Bonchev–Trinajstić information content (AvgIpc) is 2.70. The first-order valence-corrected chi connectivity index (χ1v) is 6.75. The average molecular weight is 315 g/mol. The number of nitrogens with two attached hydrogens (primary N) is 1. The van der Waals surface area contributed by atoms with Crippen molar-refractivity contribution in [3.05, 3.63) is 50.4 Å². The van der Waals surface area contributed by atoms with Crippen molar-refractivity contribution in [2.45, 2.75) is 13.1 Å². The van der Waals surface area contributed by atoms with Crippen molar-refractivity contribution >= 4 is 33.0 Å². The molecule has 1 aromatic heterocycles. The summed E-state index contributed by atoms with van der Waals surface area (Å²) in [4.78, 5) is 1.23. The molecule has 1 aromatic carbocycles. The maximum atomic E-state index is 13.2. The topological polar surface area (TPSA) is 38.0 Å². The molecule has 2 rings (SSSR count). The van der Waals surface area contributed by atoms with E-state index in [9.17, 15) is 4.39 Å². The number of thiophene rings is 1. The van der Waals surface area contributed by atoms with Crippen LogP contribution in [0.5, 0.6) is 0 Å². The predicted octanol–water partition coefficient (Wildman–Crippen LogP) is 3.52. The van der Waals surface area contributed by atoms with Gasteiger partial charge in [-0.25, -0.2) is 4.39 Å². The summed E-state index contributed by atoms with van der Waals surface area (Å²) in [6, 6.07) is 8.93. The van der Waals surface area contributed by atoms with Gasteiger partial charge in [0.1, 0.15) is 5.82 Å². The molecule has 0 unspecified atom stereocenters. The lowest BCUT2D eigenvalue weighted by Crippen LogP contribution is -2.13. The summed E-state index contributed by atoms with van der Waals surface area (Å²) in [5, 5.41) is 3.24. The van der Waals surface area contributed by atoms with Crippen LogP contribution in [-0.4, -0.2) is 0 Å². The summed E-state index contributed by atoms with van der Waals surface area (Å²) in [6.07, 6.45) is 0. The number of hydrogen-bond acceptors (Lipinski definition) is 3. The predicted molar refractivity (Wildman–Crippen MR) is 73.4 cm³/mol. The van der Waals surface area contributed by atoms with Crippen LogP contribution in [0.2, 0.25) is 0 Å². The summed E-state index contributed by atoms with van der Waals surface area (Å²) >= 11 is 5.09. The Morgan fingerprint density at radius 2 is 2.06 bits per heavy atom. The van der Waals surface area contributed by atoms with E-state index in [1.807, 2.05) is 12.1 Å². The molecule has 0 fully saturated rings. The second kappa shape index (κ2) is 5.62. The molecule has 2 nitrogen and oxygen atoms in total. The number of rotatable bonds is 4. The van der Waals surface area contributed by atoms with Crippen molar-refractivity contribution in [2.75, 3.05) is 5.73 Å². The maximum Gasteiger partial charge on any atom is 0.146 e. The van der Waals surface area contributed by atoms with Crippen LogP contribution >= 0.6 is 27.3 Å². The summed E-state index contributed by atoms with van der Waals surface area (Å²) in [5.41, 5.74) is 6.67. The summed E-state index contributed by atoms with van der Waals surface area (Å²) in [5.74, 6) is -0.358. The van der Waals surface area contributed by atoms with Crippen LogP contribution in [0, 0.1) is 5.82 Å². The largest absolute Gasteiger partial charge is 0.396 e. The van der Waals surface area contributed by atoms with Crippen LogP contribution in [0.25, 0.3) is 0 Å². The van der Waals surface area contributed by atoms with Crippen LogP contribution < -0.4 is 11.1 Å². The van der Waals surface area contributed by atoms with Crippen LogP contribution in [0.1, 0.15) is 10.4 Å². The minimum absolute atomic E-state index is 0.229. The van der Waals surface area contributed by atoms with Gasteiger partial charge in [0, 0.05) is 18.0 Å². The van der Waals surface area contributed by atoms with Crippen molar-refractivity contribution < 1.29 is 4.39 Å². The number of nitrogen functional groups attached to an aromatic ring is 1. The number of nitrogens with one attached hydrogen (secondary N) is 1. The van der Waals surface area contributed by atoms with E-state index in [1.165, 1.54) is 10.9 Å². The molecule has 90 valence electrons. The quantitative estimate of drug-likeness (QED) is 0.847. The molecule has 5 heteroatoms. The van der Waals surface area contributed by atoms with Crippen LogP contribution in [0.4, 0.5) is 10.1 Å². The Morgan fingerprint density at radius 3 is 2.76 bits per heavy atom. The molecule has 0 aliphatic heterocycles. The molecule has 17 heavy (non-hydrogen) atoms. The maximum absolute atomic E-state index is 13.2. The van der Waals surface area contributed by atoms with Gasteiger partial charge in [-0.05, 0) is 39.7 Å². The van der Waals surface area contributed by atoms with Crippen LogP contribution in [0.15, 0.2) is 34.1 Å². The monoisotopic (exact) mass is 314 g/mol. The van der Waals surface area contributed by atoms with Gasteiger partial charge < -0.3 is 11.1 Å². The molecule has 0 spiro atoms. The smallest absolute Gasteiger partial charge is 0.146 e. The fraction of sp³-hybridized carbons (Fsp3) is 0.167. The lowest BCUT2D eigenvalue weighted by Gasteiger charge is -2.07. The number of halogens is 2. The highest BCUT2D eigenvalue weighted by atomic mass is 79.9. The van der Waals surface area contributed by atoms with E-state index in [0.717, 1.165) is 15.9 Å². The Balaban J connectivity index is 1.92. The van der Waals surface area contributed by atoms with E-state index in [0.29, 0.717) is 6.54 Å². The number of anilines is 1. The molecule has 0 aliphatic carbocycles. The van der Waals surface area contributed by atoms with Crippen molar-refractivity contribution in [1.82, 2.24) is 5.32 Å². The molecule has 3 N–H and O–H groups in total.